The van der Waals surface area contributed by atoms with Gasteiger partial charge in [0.1, 0.15) is 11.9 Å². The quantitative estimate of drug-likeness (QED) is 0.491. The average molecular weight is 408 g/mol. The Morgan fingerprint density at radius 1 is 0.821 bits per heavy atom. The maximum Gasteiger partial charge on any atom is 0.129 e. The first-order valence-electron chi connectivity index (χ1n) is 9.37. The fraction of sp³-hybridized carbons (Fsp3) is 0.217. The van der Waals surface area contributed by atoms with Crippen LogP contribution in [0.4, 0.5) is 5.82 Å². The highest BCUT2D eigenvalue weighted by Gasteiger charge is 2.20. The third kappa shape index (κ3) is 3.85. The maximum atomic E-state index is 9.98. The molecule has 0 N–H and O–H groups in total. The number of hydrogen-bond donors (Lipinski definition) is 0. The van der Waals surface area contributed by atoms with E-state index in [0.29, 0.717) is 21.3 Å². The Labute approximate surface area is 175 Å². The molecular formula is C23H19Cl2N3. The van der Waals surface area contributed by atoms with Crippen LogP contribution in [0.15, 0.2) is 54.6 Å². The molecule has 2 aromatic carbocycles. The van der Waals surface area contributed by atoms with E-state index < -0.39 is 0 Å². The summed E-state index contributed by atoms with van der Waals surface area (Å²) >= 11 is 12.1. The predicted octanol–water partition coefficient (Wildman–Crippen LogP) is 6.58. The lowest BCUT2D eigenvalue weighted by molar-refractivity contribution is 0.573. The van der Waals surface area contributed by atoms with Crippen LogP contribution >= 0.6 is 23.2 Å². The van der Waals surface area contributed by atoms with Gasteiger partial charge in [0.05, 0.1) is 11.3 Å². The molecule has 140 valence electrons. The van der Waals surface area contributed by atoms with Crippen molar-refractivity contribution >= 4 is 29.0 Å². The first-order valence-corrected chi connectivity index (χ1v) is 10.1. The topological polar surface area (TPSA) is 39.9 Å². The van der Waals surface area contributed by atoms with Crippen molar-refractivity contribution < 1.29 is 0 Å². The summed E-state index contributed by atoms with van der Waals surface area (Å²) in [6.07, 6.45) is 3.57. The summed E-state index contributed by atoms with van der Waals surface area (Å²) in [7, 11) is 0. The van der Waals surface area contributed by atoms with Gasteiger partial charge < -0.3 is 4.90 Å². The lowest BCUT2D eigenvalue weighted by Gasteiger charge is -2.29. The van der Waals surface area contributed by atoms with Crippen molar-refractivity contribution in [1.29, 1.82) is 5.26 Å². The van der Waals surface area contributed by atoms with Gasteiger partial charge in [-0.3, -0.25) is 0 Å². The molecule has 1 aromatic heterocycles. The monoisotopic (exact) mass is 407 g/mol. The third-order valence-corrected chi connectivity index (χ3v) is 5.57. The first-order chi connectivity index (χ1) is 13.7. The SMILES string of the molecule is N#Cc1c(-c2ccc(Cl)cc2)cc(N2CCCCC2)nc1-c1ccc(Cl)cc1. The number of halogens is 2. The minimum absolute atomic E-state index is 0.561. The van der Waals surface area contributed by atoms with Crippen LogP contribution in [0.2, 0.25) is 10.0 Å². The first kappa shape index (κ1) is 18.8. The van der Waals surface area contributed by atoms with Gasteiger partial charge in [-0.1, -0.05) is 47.5 Å². The van der Waals surface area contributed by atoms with Crippen molar-refractivity contribution in [2.75, 3.05) is 18.0 Å². The van der Waals surface area contributed by atoms with Crippen molar-refractivity contribution in [1.82, 2.24) is 4.98 Å². The minimum Gasteiger partial charge on any atom is -0.357 e. The number of piperidine rings is 1. The lowest BCUT2D eigenvalue weighted by atomic mass is 9.96. The van der Waals surface area contributed by atoms with Crippen molar-refractivity contribution in [3.05, 3.63) is 70.2 Å². The second-order valence-corrected chi connectivity index (χ2v) is 7.80. The van der Waals surface area contributed by atoms with Crippen molar-refractivity contribution in [3.8, 4) is 28.5 Å². The van der Waals surface area contributed by atoms with Gasteiger partial charge in [0, 0.05) is 34.3 Å². The number of pyridine rings is 1. The molecule has 4 rings (SSSR count). The van der Waals surface area contributed by atoms with E-state index in [2.05, 4.69) is 11.0 Å². The molecule has 0 saturated carbocycles. The summed E-state index contributed by atoms with van der Waals surface area (Å²) < 4.78 is 0. The molecule has 0 unspecified atom stereocenters. The van der Waals surface area contributed by atoms with E-state index >= 15 is 0 Å². The molecule has 0 atom stereocenters. The number of hydrogen-bond acceptors (Lipinski definition) is 3. The summed E-state index contributed by atoms with van der Waals surface area (Å²) in [4.78, 5) is 7.21. The Kier molecular flexibility index (Phi) is 5.52. The summed E-state index contributed by atoms with van der Waals surface area (Å²) in [5.74, 6) is 0.911. The third-order valence-electron chi connectivity index (χ3n) is 5.07. The molecule has 0 bridgehead atoms. The lowest BCUT2D eigenvalue weighted by Crippen LogP contribution is -2.30. The Morgan fingerprint density at radius 2 is 1.39 bits per heavy atom. The Bertz CT molecular complexity index is 949. The molecule has 0 spiro atoms. The fourth-order valence-corrected chi connectivity index (χ4v) is 3.86. The number of anilines is 1. The fourth-order valence-electron chi connectivity index (χ4n) is 3.60. The molecule has 1 aliphatic heterocycles. The molecular weight excluding hydrogens is 389 g/mol. The average Bonchev–Trinajstić information content (AvgIpc) is 2.74. The van der Waals surface area contributed by atoms with E-state index in [1.54, 1.807) is 0 Å². The molecule has 1 saturated heterocycles. The van der Waals surface area contributed by atoms with Crippen molar-refractivity contribution in [2.24, 2.45) is 0 Å². The molecule has 3 aromatic rings. The van der Waals surface area contributed by atoms with Crippen LogP contribution in [0.25, 0.3) is 22.4 Å². The molecule has 2 heterocycles. The molecule has 0 aliphatic carbocycles. The molecule has 5 heteroatoms. The van der Waals surface area contributed by atoms with Gasteiger partial charge in [0.25, 0.3) is 0 Å². The van der Waals surface area contributed by atoms with Gasteiger partial charge in [0.15, 0.2) is 0 Å². The highest BCUT2D eigenvalue weighted by atomic mass is 35.5. The van der Waals surface area contributed by atoms with Crippen LogP contribution in [0.5, 0.6) is 0 Å². The van der Waals surface area contributed by atoms with Crippen LogP contribution < -0.4 is 4.90 Å². The summed E-state index contributed by atoms with van der Waals surface area (Å²) in [6.45, 7) is 1.97. The normalized spacial score (nSPS) is 14.0. The van der Waals surface area contributed by atoms with Crippen LogP contribution in [-0.4, -0.2) is 18.1 Å². The number of nitrogens with zero attached hydrogens (tertiary/aromatic N) is 3. The molecule has 1 fully saturated rings. The molecule has 0 radical (unpaired) electrons. The summed E-state index contributed by atoms with van der Waals surface area (Å²) in [5, 5.41) is 11.3. The summed E-state index contributed by atoms with van der Waals surface area (Å²) in [6, 6.07) is 19.5. The van der Waals surface area contributed by atoms with Crippen LogP contribution in [-0.2, 0) is 0 Å². The number of nitriles is 1. The smallest absolute Gasteiger partial charge is 0.129 e. The van der Waals surface area contributed by atoms with Gasteiger partial charge in [-0.2, -0.15) is 5.26 Å². The van der Waals surface area contributed by atoms with Crippen LogP contribution in [0.3, 0.4) is 0 Å². The predicted molar refractivity (Wildman–Crippen MR) is 116 cm³/mol. The van der Waals surface area contributed by atoms with Gasteiger partial charge >= 0.3 is 0 Å². The molecule has 0 amide bonds. The zero-order chi connectivity index (χ0) is 19.5. The van der Waals surface area contributed by atoms with Gasteiger partial charge in [-0.25, -0.2) is 4.98 Å². The standard InChI is InChI=1S/C23H19Cl2N3/c24-18-8-4-16(5-9-18)20-14-22(28-12-2-1-3-13-28)27-23(21(20)15-26)17-6-10-19(25)11-7-17/h4-11,14H,1-3,12-13H2. The summed E-state index contributed by atoms with van der Waals surface area (Å²) in [5.41, 5.74) is 3.96. The Hall–Kier alpha value is -2.54. The zero-order valence-electron chi connectivity index (χ0n) is 15.3. The second kappa shape index (κ2) is 8.22. The zero-order valence-corrected chi connectivity index (χ0v) is 16.8. The molecule has 3 nitrogen and oxygen atoms in total. The largest absolute Gasteiger partial charge is 0.357 e. The number of rotatable bonds is 3. The van der Waals surface area contributed by atoms with E-state index in [-0.39, 0.29) is 0 Å². The Balaban J connectivity index is 1.92. The highest BCUT2D eigenvalue weighted by Crippen LogP contribution is 2.35. The van der Waals surface area contributed by atoms with E-state index in [4.69, 9.17) is 28.2 Å². The van der Waals surface area contributed by atoms with E-state index in [1.807, 2.05) is 54.6 Å². The van der Waals surface area contributed by atoms with Crippen LogP contribution in [0, 0.1) is 11.3 Å². The Morgan fingerprint density at radius 3 is 1.96 bits per heavy atom. The van der Waals surface area contributed by atoms with Crippen LogP contribution in [0.1, 0.15) is 24.8 Å². The van der Waals surface area contributed by atoms with Gasteiger partial charge in [0.2, 0.25) is 0 Å². The minimum atomic E-state index is 0.561. The number of aromatic nitrogens is 1. The molecule has 1 aliphatic rings. The van der Waals surface area contributed by atoms with Crippen molar-refractivity contribution in [3.63, 3.8) is 0 Å². The van der Waals surface area contributed by atoms with E-state index in [9.17, 15) is 5.26 Å². The van der Waals surface area contributed by atoms with E-state index in [1.165, 1.54) is 6.42 Å². The van der Waals surface area contributed by atoms with Gasteiger partial charge in [-0.05, 0) is 55.2 Å². The second-order valence-electron chi connectivity index (χ2n) is 6.92. The highest BCUT2D eigenvalue weighted by molar-refractivity contribution is 6.31. The number of benzene rings is 2. The molecule has 28 heavy (non-hydrogen) atoms. The van der Waals surface area contributed by atoms with Crippen molar-refractivity contribution in [2.45, 2.75) is 19.3 Å². The van der Waals surface area contributed by atoms with Gasteiger partial charge in [-0.15, -0.1) is 0 Å². The maximum absolute atomic E-state index is 9.98. The van der Waals surface area contributed by atoms with E-state index in [0.717, 1.165) is 48.4 Å².